The van der Waals surface area contributed by atoms with Gasteiger partial charge in [0, 0.05) is 30.7 Å². The molecule has 2 atom stereocenters. The maximum absolute atomic E-state index is 10.7. The van der Waals surface area contributed by atoms with E-state index in [4.69, 9.17) is 9.47 Å². The van der Waals surface area contributed by atoms with Crippen LogP contribution in [0.25, 0.3) is 0 Å². The molecule has 1 N–H and O–H groups in total. The molecule has 6 nitrogen and oxygen atoms in total. The summed E-state index contributed by atoms with van der Waals surface area (Å²) in [6, 6.07) is 4.27. The van der Waals surface area contributed by atoms with Gasteiger partial charge in [-0.2, -0.15) is 0 Å². The summed E-state index contributed by atoms with van der Waals surface area (Å²) in [5, 5.41) is 20.4. The molecular formula is C14H19NO5. The Labute approximate surface area is 117 Å². The number of nitro groups is 1. The minimum Gasteiger partial charge on any atom is -0.493 e. The SMILES string of the molecule is CC(O)c1cc([N+](=O)[O-])ccc1OCCC1CCCO1. The average molecular weight is 281 g/mol. The lowest BCUT2D eigenvalue weighted by Crippen LogP contribution is -2.11. The fraction of sp³-hybridized carbons (Fsp3) is 0.571. The number of hydrogen-bond acceptors (Lipinski definition) is 5. The topological polar surface area (TPSA) is 81.8 Å². The number of nitrogens with zero attached hydrogens (tertiary/aromatic N) is 1. The van der Waals surface area contributed by atoms with Crippen molar-refractivity contribution in [2.24, 2.45) is 0 Å². The molecule has 1 saturated heterocycles. The quantitative estimate of drug-likeness (QED) is 0.640. The van der Waals surface area contributed by atoms with E-state index in [1.165, 1.54) is 18.2 Å². The molecule has 1 aromatic rings. The summed E-state index contributed by atoms with van der Waals surface area (Å²) in [6.07, 6.45) is 2.35. The maximum Gasteiger partial charge on any atom is 0.270 e. The van der Waals surface area contributed by atoms with Crippen LogP contribution in [0.5, 0.6) is 5.75 Å². The van der Waals surface area contributed by atoms with Gasteiger partial charge in [0.15, 0.2) is 0 Å². The first-order valence-corrected chi connectivity index (χ1v) is 6.78. The highest BCUT2D eigenvalue weighted by Gasteiger charge is 2.18. The molecule has 0 spiro atoms. The van der Waals surface area contributed by atoms with E-state index in [1.54, 1.807) is 6.92 Å². The molecule has 6 heteroatoms. The average Bonchev–Trinajstić information content (AvgIpc) is 2.91. The Morgan fingerprint density at radius 1 is 1.60 bits per heavy atom. The molecule has 0 aliphatic carbocycles. The number of hydrogen-bond donors (Lipinski definition) is 1. The van der Waals surface area contributed by atoms with Crippen molar-refractivity contribution in [1.29, 1.82) is 0 Å². The first-order valence-electron chi connectivity index (χ1n) is 6.78. The molecule has 1 aliphatic rings. The van der Waals surface area contributed by atoms with Crippen molar-refractivity contribution < 1.29 is 19.5 Å². The van der Waals surface area contributed by atoms with E-state index in [9.17, 15) is 15.2 Å². The zero-order chi connectivity index (χ0) is 14.5. The molecule has 1 aromatic carbocycles. The number of non-ortho nitro benzene ring substituents is 1. The molecule has 1 heterocycles. The van der Waals surface area contributed by atoms with E-state index in [-0.39, 0.29) is 11.8 Å². The highest BCUT2D eigenvalue weighted by molar-refractivity contribution is 5.44. The minimum absolute atomic E-state index is 0.0487. The summed E-state index contributed by atoms with van der Waals surface area (Å²) in [7, 11) is 0. The fourth-order valence-corrected chi connectivity index (χ4v) is 2.28. The lowest BCUT2D eigenvalue weighted by molar-refractivity contribution is -0.385. The number of nitro benzene ring substituents is 1. The van der Waals surface area contributed by atoms with Crippen LogP contribution in [0.3, 0.4) is 0 Å². The smallest absolute Gasteiger partial charge is 0.270 e. The fourth-order valence-electron chi connectivity index (χ4n) is 2.28. The molecule has 0 aromatic heterocycles. The highest BCUT2D eigenvalue weighted by atomic mass is 16.6. The second kappa shape index (κ2) is 6.67. The summed E-state index contributed by atoms with van der Waals surface area (Å²) in [6.45, 7) is 2.84. The predicted octanol–water partition coefficient (Wildman–Crippen LogP) is 2.60. The lowest BCUT2D eigenvalue weighted by atomic mass is 10.1. The van der Waals surface area contributed by atoms with Crippen molar-refractivity contribution in [1.82, 2.24) is 0 Å². The molecule has 110 valence electrons. The Morgan fingerprint density at radius 2 is 2.40 bits per heavy atom. The summed E-state index contributed by atoms with van der Waals surface area (Å²) >= 11 is 0. The Hall–Kier alpha value is -1.66. The Bertz CT molecular complexity index is 469. The third-order valence-corrected chi connectivity index (χ3v) is 3.38. The van der Waals surface area contributed by atoms with E-state index in [0.717, 1.165) is 25.9 Å². The van der Waals surface area contributed by atoms with E-state index in [0.29, 0.717) is 17.9 Å². The van der Waals surface area contributed by atoms with Gasteiger partial charge in [-0.25, -0.2) is 0 Å². The molecule has 0 saturated carbocycles. The molecule has 20 heavy (non-hydrogen) atoms. The molecule has 1 aliphatic heterocycles. The predicted molar refractivity (Wildman–Crippen MR) is 72.8 cm³/mol. The van der Waals surface area contributed by atoms with E-state index in [2.05, 4.69) is 0 Å². The first kappa shape index (κ1) is 14.7. The van der Waals surface area contributed by atoms with Gasteiger partial charge in [-0.05, 0) is 25.8 Å². The number of rotatable bonds is 6. The monoisotopic (exact) mass is 281 g/mol. The van der Waals surface area contributed by atoms with E-state index >= 15 is 0 Å². The van der Waals surface area contributed by atoms with Gasteiger partial charge in [-0.1, -0.05) is 0 Å². The molecule has 0 bridgehead atoms. The summed E-state index contributed by atoms with van der Waals surface area (Å²) in [4.78, 5) is 10.3. The lowest BCUT2D eigenvalue weighted by Gasteiger charge is -2.15. The molecular weight excluding hydrogens is 262 g/mol. The van der Waals surface area contributed by atoms with Crippen LogP contribution in [0.15, 0.2) is 18.2 Å². The van der Waals surface area contributed by atoms with Crippen LogP contribution < -0.4 is 4.74 Å². The van der Waals surface area contributed by atoms with Crippen molar-refractivity contribution in [3.8, 4) is 5.75 Å². The number of benzene rings is 1. The first-order chi connectivity index (χ1) is 9.58. The third-order valence-electron chi connectivity index (χ3n) is 3.38. The van der Waals surface area contributed by atoms with Gasteiger partial charge in [0.05, 0.1) is 23.7 Å². The number of aliphatic hydroxyl groups is 1. The van der Waals surface area contributed by atoms with Crippen molar-refractivity contribution >= 4 is 5.69 Å². The van der Waals surface area contributed by atoms with Crippen LogP contribution in [0, 0.1) is 10.1 Å². The largest absolute Gasteiger partial charge is 0.493 e. The molecule has 0 amide bonds. The van der Waals surface area contributed by atoms with Crippen LogP contribution in [-0.2, 0) is 4.74 Å². The highest BCUT2D eigenvalue weighted by Crippen LogP contribution is 2.29. The Kier molecular flexibility index (Phi) is 4.92. The summed E-state index contributed by atoms with van der Waals surface area (Å²) in [5.41, 5.74) is 0.388. The van der Waals surface area contributed by atoms with E-state index < -0.39 is 11.0 Å². The van der Waals surface area contributed by atoms with Crippen LogP contribution in [0.4, 0.5) is 5.69 Å². The van der Waals surface area contributed by atoms with Crippen LogP contribution in [-0.4, -0.2) is 29.3 Å². The summed E-state index contributed by atoms with van der Waals surface area (Å²) in [5.74, 6) is 0.489. The number of ether oxygens (including phenoxy) is 2. The van der Waals surface area contributed by atoms with Crippen molar-refractivity contribution in [2.75, 3.05) is 13.2 Å². The van der Waals surface area contributed by atoms with Crippen molar-refractivity contribution in [3.05, 3.63) is 33.9 Å². The van der Waals surface area contributed by atoms with Gasteiger partial charge in [0.25, 0.3) is 5.69 Å². The third kappa shape index (κ3) is 3.68. The second-order valence-corrected chi connectivity index (χ2v) is 4.93. The van der Waals surface area contributed by atoms with Crippen LogP contribution >= 0.6 is 0 Å². The molecule has 0 radical (unpaired) electrons. The number of aliphatic hydroxyl groups excluding tert-OH is 1. The van der Waals surface area contributed by atoms with Crippen LogP contribution in [0.1, 0.15) is 37.9 Å². The van der Waals surface area contributed by atoms with Gasteiger partial charge in [-0.3, -0.25) is 10.1 Å². The zero-order valence-electron chi connectivity index (χ0n) is 11.4. The maximum atomic E-state index is 10.7. The van der Waals surface area contributed by atoms with Gasteiger partial charge in [0.1, 0.15) is 5.75 Å². The van der Waals surface area contributed by atoms with Crippen molar-refractivity contribution in [3.63, 3.8) is 0 Å². The van der Waals surface area contributed by atoms with Gasteiger partial charge >= 0.3 is 0 Å². The standard InChI is InChI=1S/C14H19NO5/c1-10(16)13-9-11(15(17)18)4-5-14(13)20-8-6-12-3-2-7-19-12/h4-5,9-10,12,16H,2-3,6-8H2,1H3. The normalized spacial score (nSPS) is 19.8. The van der Waals surface area contributed by atoms with Crippen molar-refractivity contribution in [2.45, 2.75) is 38.4 Å². The molecule has 1 fully saturated rings. The summed E-state index contributed by atoms with van der Waals surface area (Å²) < 4.78 is 11.1. The minimum atomic E-state index is -0.812. The van der Waals surface area contributed by atoms with Gasteiger partial charge in [0.2, 0.25) is 0 Å². The molecule has 2 unspecified atom stereocenters. The Morgan fingerprint density at radius 3 is 3.00 bits per heavy atom. The zero-order valence-corrected chi connectivity index (χ0v) is 11.4. The van der Waals surface area contributed by atoms with Gasteiger partial charge < -0.3 is 14.6 Å². The van der Waals surface area contributed by atoms with Crippen LogP contribution in [0.2, 0.25) is 0 Å². The molecule has 2 rings (SSSR count). The van der Waals surface area contributed by atoms with E-state index in [1.807, 2.05) is 0 Å². The Balaban J connectivity index is 2.00. The van der Waals surface area contributed by atoms with Gasteiger partial charge in [-0.15, -0.1) is 0 Å². The second-order valence-electron chi connectivity index (χ2n) is 4.93.